The summed E-state index contributed by atoms with van der Waals surface area (Å²) in [6.45, 7) is 1.79. The average Bonchev–Trinajstić information content (AvgIpc) is 2.66. The average molecular weight is 326 g/mol. The highest BCUT2D eigenvalue weighted by molar-refractivity contribution is 6.29. The zero-order valence-electron chi connectivity index (χ0n) is 13.6. The molecule has 0 spiro atoms. The highest BCUT2D eigenvalue weighted by Gasteiger charge is 2.30. The molecule has 25 heavy (non-hydrogen) atoms. The lowest BCUT2D eigenvalue weighted by Gasteiger charge is -2.19. The monoisotopic (exact) mass is 326 g/mol. The zero-order valence-corrected chi connectivity index (χ0v) is 13.6. The summed E-state index contributed by atoms with van der Waals surface area (Å²) >= 11 is 0. The molecule has 1 aliphatic rings. The lowest BCUT2D eigenvalue weighted by molar-refractivity contribution is 0.0978. The van der Waals surface area contributed by atoms with Gasteiger partial charge < -0.3 is 0 Å². The van der Waals surface area contributed by atoms with Crippen LogP contribution in [0.25, 0.3) is 0 Å². The Morgan fingerprint density at radius 1 is 0.680 bits per heavy atom. The van der Waals surface area contributed by atoms with Gasteiger partial charge in [-0.3, -0.25) is 14.4 Å². The topological polar surface area (TPSA) is 51.2 Å². The predicted octanol–water partition coefficient (Wildman–Crippen LogP) is 4.00. The molecule has 0 amide bonds. The van der Waals surface area contributed by atoms with E-state index in [1.54, 1.807) is 67.6 Å². The molecule has 0 saturated carbocycles. The molecule has 0 heterocycles. The summed E-state index contributed by atoms with van der Waals surface area (Å²) in [6.07, 6.45) is 0. The third-order valence-electron chi connectivity index (χ3n) is 4.55. The number of carbonyl (C=O) groups excluding carboxylic acids is 3. The van der Waals surface area contributed by atoms with E-state index in [1.807, 2.05) is 6.07 Å². The summed E-state index contributed by atoms with van der Waals surface area (Å²) in [6, 6.07) is 18.9. The standard InChI is InChI=1S/C22H14O3/c1-13-11-18-19(12-17(13)20(23)14-7-3-2-4-8-14)22(25)16-10-6-5-9-15(16)21(18)24/h2-12H,1H3. The molecule has 3 aromatic carbocycles. The second-order valence-electron chi connectivity index (χ2n) is 6.11. The van der Waals surface area contributed by atoms with Gasteiger partial charge in [0.25, 0.3) is 0 Å². The van der Waals surface area contributed by atoms with Gasteiger partial charge in [-0.25, -0.2) is 0 Å². The van der Waals surface area contributed by atoms with Gasteiger partial charge in [0.2, 0.25) is 0 Å². The molecular weight excluding hydrogens is 312 g/mol. The van der Waals surface area contributed by atoms with Crippen LogP contribution < -0.4 is 0 Å². The van der Waals surface area contributed by atoms with Crippen LogP contribution in [-0.2, 0) is 0 Å². The van der Waals surface area contributed by atoms with Crippen LogP contribution in [0.2, 0.25) is 0 Å². The fourth-order valence-electron chi connectivity index (χ4n) is 3.24. The largest absolute Gasteiger partial charge is 0.289 e. The quantitative estimate of drug-likeness (QED) is 0.523. The molecule has 0 saturated heterocycles. The molecule has 0 unspecified atom stereocenters. The number of aryl methyl sites for hydroxylation is 1. The molecule has 0 N–H and O–H groups in total. The Bertz CT molecular complexity index is 1050. The van der Waals surface area contributed by atoms with Gasteiger partial charge in [-0.05, 0) is 24.6 Å². The lowest BCUT2D eigenvalue weighted by Crippen LogP contribution is -2.22. The predicted molar refractivity (Wildman–Crippen MR) is 94.4 cm³/mol. The van der Waals surface area contributed by atoms with Crippen molar-refractivity contribution in [1.82, 2.24) is 0 Å². The highest BCUT2D eigenvalue weighted by Crippen LogP contribution is 2.30. The maximum atomic E-state index is 12.8. The van der Waals surface area contributed by atoms with Crippen LogP contribution in [-0.4, -0.2) is 17.3 Å². The van der Waals surface area contributed by atoms with Crippen molar-refractivity contribution in [2.24, 2.45) is 0 Å². The van der Waals surface area contributed by atoms with Crippen LogP contribution in [0, 0.1) is 6.92 Å². The first-order chi connectivity index (χ1) is 12.1. The minimum Gasteiger partial charge on any atom is -0.289 e. The Balaban J connectivity index is 1.89. The van der Waals surface area contributed by atoms with E-state index in [4.69, 9.17) is 0 Å². The molecule has 0 radical (unpaired) electrons. The van der Waals surface area contributed by atoms with Gasteiger partial charge in [-0.15, -0.1) is 0 Å². The van der Waals surface area contributed by atoms with Crippen LogP contribution in [0.3, 0.4) is 0 Å². The van der Waals surface area contributed by atoms with E-state index in [2.05, 4.69) is 0 Å². The van der Waals surface area contributed by atoms with Crippen molar-refractivity contribution < 1.29 is 14.4 Å². The Kier molecular flexibility index (Phi) is 3.43. The Labute approximate surface area is 144 Å². The highest BCUT2D eigenvalue weighted by atomic mass is 16.1. The molecule has 4 rings (SSSR count). The van der Waals surface area contributed by atoms with Crippen molar-refractivity contribution in [3.8, 4) is 0 Å². The van der Waals surface area contributed by atoms with Gasteiger partial charge in [-0.1, -0.05) is 54.6 Å². The number of hydrogen-bond donors (Lipinski definition) is 0. The first-order valence-corrected chi connectivity index (χ1v) is 8.01. The molecule has 0 atom stereocenters. The summed E-state index contributed by atoms with van der Waals surface area (Å²) in [5.41, 5.74) is 3.17. The fraction of sp³-hybridized carbons (Fsp3) is 0.0455. The van der Waals surface area contributed by atoms with Crippen molar-refractivity contribution in [2.45, 2.75) is 6.92 Å². The third-order valence-corrected chi connectivity index (χ3v) is 4.55. The smallest absolute Gasteiger partial charge is 0.194 e. The number of ketones is 3. The summed E-state index contributed by atoms with van der Waals surface area (Å²) in [5.74, 6) is -0.542. The second-order valence-corrected chi connectivity index (χ2v) is 6.11. The number of carbonyl (C=O) groups is 3. The van der Waals surface area contributed by atoms with Crippen molar-refractivity contribution in [2.75, 3.05) is 0 Å². The van der Waals surface area contributed by atoms with Crippen molar-refractivity contribution >= 4 is 17.3 Å². The maximum Gasteiger partial charge on any atom is 0.194 e. The Hall–Kier alpha value is -3.33. The van der Waals surface area contributed by atoms with E-state index in [1.165, 1.54) is 0 Å². The lowest BCUT2D eigenvalue weighted by atomic mass is 9.81. The number of fused-ring (bicyclic) bond motifs is 2. The van der Waals surface area contributed by atoms with Gasteiger partial charge in [0, 0.05) is 33.4 Å². The molecule has 3 nitrogen and oxygen atoms in total. The maximum absolute atomic E-state index is 12.8. The van der Waals surface area contributed by atoms with Crippen LogP contribution in [0.5, 0.6) is 0 Å². The molecule has 3 heteroatoms. The normalized spacial score (nSPS) is 12.5. The van der Waals surface area contributed by atoms with Crippen LogP contribution in [0.4, 0.5) is 0 Å². The van der Waals surface area contributed by atoms with E-state index < -0.39 is 0 Å². The number of rotatable bonds is 2. The first-order valence-electron chi connectivity index (χ1n) is 8.01. The molecule has 3 aromatic rings. The van der Waals surface area contributed by atoms with Gasteiger partial charge in [0.15, 0.2) is 17.3 Å². The van der Waals surface area contributed by atoms with Gasteiger partial charge in [0.1, 0.15) is 0 Å². The van der Waals surface area contributed by atoms with Gasteiger partial charge in [0.05, 0.1) is 0 Å². The molecule has 0 aliphatic heterocycles. The Morgan fingerprint density at radius 2 is 1.20 bits per heavy atom. The number of hydrogen-bond acceptors (Lipinski definition) is 3. The van der Waals surface area contributed by atoms with Crippen LogP contribution in [0.1, 0.15) is 53.3 Å². The SMILES string of the molecule is Cc1cc2c(cc1C(=O)c1ccccc1)C(=O)c1ccccc1C2=O. The Morgan fingerprint density at radius 3 is 1.80 bits per heavy atom. The molecule has 120 valence electrons. The van der Waals surface area contributed by atoms with E-state index in [-0.39, 0.29) is 17.3 Å². The van der Waals surface area contributed by atoms with E-state index >= 15 is 0 Å². The fourth-order valence-corrected chi connectivity index (χ4v) is 3.24. The van der Waals surface area contributed by atoms with E-state index in [0.717, 1.165) is 0 Å². The van der Waals surface area contributed by atoms with E-state index in [0.29, 0.717) is 38.9 Å². The molecule has 0 fully saturated rings. The van der Waals surface area contributed by atoms with Crippen LogP contribution in [0.15, 0.2) is 66.7 Å². The first kappa shape index (κ1) is 15.2. The summed E-state index contributed by atoms with van der Waals surface area (Å²) < 4.78 is 0. The number of benzene rings is 3. The summed E-state index contributed by atoms with van der Waals surface area (Å²) in [4.78, 5) is 38.3. The minimum absolute atomic E-state index is 0.153. The molecule has 0 aromatic heterocycles. The van der Waals surface area contributed by atoms with Crippen molar-refractivity contribution in [1.29, 1.82) is 0 Å². The third kappa shape index (κ3) is 2.32. The van der Waals surface area contributed by atoms with E-state index in [9.17, 15) is 14.4 Å². The van der Waals surface area contributed by atoms with Gasteiger partial charge in [-0.2, -0.15) is 0 Å². The molecule has 1 aliphatic carbocycles. The molecule has 0 bridgehead atoms. The summed E-state index contributed by atoms with van der Waals surface area (Å²) in [7, 11) is 0. The van der Waals surface area contributed by atoms with Gasteiger partial charge >= 0.3 is 0 Å². The van der Waals surface area contributed by atoms with Crippen molar-refractivity contribution in [3.05, 3.63) is 106 Å². The second kappa shape index (κ2) is 5.64. The molecular formula is C22H14O3. The summed E-state index contributed by atoms with van der Waals surface area (Å²) in [5, 5.41) is 0. The zero-order chi connectivity index (χ0) is 17.6. The minimum atomic E-state index is -0.215. The van der Waals surface area contributed by atoms with Crippen LogP contribution >= 0.6 is 0 Å². The van der Waals surface area contributed by atoms with Crippen molar-refractivity contribution in [3.63, 3.8) is 0 Å².